The van der Waals surface area contributed by atoms with Gasteiger partial charge in [-0.3, -0.25) is 4.79 Å². The zero-order valence-corrected chi connectivity index (χ0v) is 13.2. The van der Waals surface area contributed by atoms with Crippen molar-refractivity contribution in [3.63, 3.8) is 0 Å². The van der Waals surface area contributed by atoms with E-state index in [2.05, 4.69) is 21.2 Å². The van der Waals surface area contributed by atoms with Crippen molar-refractivity contribution in [2.75, 3.05) is 7.11 Å². The van der Waals surface area contributed by atoms with Crippen LogP contribution in [0.5, 0.6) is 5.75 Å². The molecule has 0 radical (unpaired) electrons. The monoisotopic (exact) mass is 353 g/mol. The van der Waals surface area contributed by atoms with Gasteiger partial charge in [0, 0.05) is 11.0 Å². The Hall–Kier alpha value is -1.52. The van der Waals surface area contributed by atoms with Crippen LogP contribution >= 0.6 is 27.5 Å². The van der Waals surface area contributed by atoms with Gasteiger partial charge in [0.25, 0.3) is 5.91 Å². The van der Waals surface area contributed by atoms with Crippen LogP contribution in [-0.2, 0) is 6.54 Å². The lowest BCUT2D eigenvalue weighted by Gasteiger charge is -2.09. The van der Waals surface area contributed by atoms with Crippen molar-refractivity contribution in [3.8, 4) is 5.75 Å². The number of benzene rings is 2. The van der Waals surface area contributed by atoms with Crippen molar-refractivity contribution in [1.82, 2.24) is 5.32 Å². The maximum atomic E-state index is 12.1. The molecule has 3 nitrogen and oxygen atoms in total. The number of ether oxygens (including phenoxy) is 1. The predicted octanol–water partition coefficient (Wildman–Crippen LogP) is 4.04. The fourth-order valence-corrected chi connectivity index (χ4v) is 2.65. The van der Waals surface area contributed by atoms with Crippen LogP contribution in [0.3, 0.4) is 0 Å². The number of hydrogen-bond acceptors (Lipinski definition) is 2. The minimum atomic E-state index is -0.210. The van der Waals surface area contributed by atoms with E-state index in [9.17, 15) is 4.79 Å². The highest BCUT2D eigenvalue weighted by Gasteiger charge is 2.13. The van der Waals surface area contributed by atoms with Crippen molar-refractivity contribution >= 4 is 33.4 Å². The average Bonchev–Trinajstić information content (AvgIpc) is 2.45. The van der Waals surface area contributed by atoms with Crippen molar-refractivity contribution < 1.29 is 9.53 Å². The van der Waals surface area contributed by atoms with Gasteiger partial charge in [0.05, 0.1) is 17.7 Å². The Morgan fingerprint density at radius 2 is 1.95 bits per heavy atom. The van der Waals surface area contributed by atoms with E-state index in [-0.39, 0.29) is 5.91 Å². The Morgan fingerprint density at radius 1 is 1.25 bits per heavy atom. The molecule has 1 amide bonds. The second-order valence-electron chi connectivity index (χ2n) is 4.13. The minimum Gasteiger partial charge on any atom is -0.497 e. The minimum absolute atomic E-state index is 0.210. The molecule has 1 N–H and O–H groups in total. The topological polar surface area (TPSA) is 38.3 Å². The van der Waals surface area contributed by atoms with Crippen molar-refractivity contribution in [2.45, 2.75) is 6.54 Å². The molecule has 0 aliphatic rings. The molecule has 20 heavy (non-hydrogen) atoms. The Kier molecular flexibility index (Phi) is 5.04. The van der Waals surface area contributed by atoms with Gasteiger partial charge in [0.2, 0.25) is 0 Å². The van der Waals surface area contributed by atoms with Crippen LogP contribution < -0.4 is 10.1 Å². The first-order valence-electron chi connectivity index (χ1n) is 5.97. The molecule has 0 saturated heterocycles. The second kappa shape index (κ2) is 6.77. The van der Waals surface area contributed by atoms with Gasteiger partial charge in [-0.2, -0.15) is 0 Å². The summed E-state index contributed by atoms with van der Waals surface area (Å²) in [5, 5.41) is 3.26. The number of carbonyl (C=O) groups is 1. The summed E-state index contributed by atoms with van der Waals surface area (Å²) in [6.45, 7) is 0.431. The number of nitrogens with one attached hydrogen (secondary N) is 1. The van der Waals surface area contributed by atoms with Crippen molar-refractivity contribution in [1.29, 1.82) is 0 Å². The van der Waals surface area contributed by atoms with Crippen LogP contribution in [0.15, 0.2) is 46.9 Å². The summed E-state index contributed by atoms with van der Waals surface area (Å²) in [6, 6.07) is 12.8. The van der Waals surface area contributed by atoms with Crippen molar-refractivity contribution in [3.05, 3.63) is 63.1 Å². The Morgan fingerprint density at radius 3 is 2.55 bits per heavy atom. The van der Waals surface area contributed by atoms with Gasteiger partial charge in [0.15, 0.2) is 0 Å². The van der Waals surface area contributed by atoms with E-state index in [1.54, 1.807) is 25.3 Å². The molecule has 104 valence electrons. The lowest BCUT2D eigenvalue weighted by molar-refractivity contribution is 0.0950. The molecule has 0 spiro atoms. The van der Waals surface area contributed by atoms with Gasteiger partial charge < -0.3 is 10.1 Å². The van der Waals surface area contributed by atoms with Crippen LogP contribution in [0.2, 0.25) is 5.02 Å². The third kappa shape index (κ3) is 3.52. The summed E-state index contributed by atoms with van der Waals surface area (Å²) < 4.78 is 5.76. The number of rotatable bonds is 4. The number of hydrogen-bond donors (Lipinski definition) is 1. The maximum Gasteiger partial charge on any atom is 0.254 e. The van der Waals surface area contributed by atoms with Crippen LogP contribution in [-0.4, -0.2) is 13.0 Å². The molecule has 0 aliphatic heterocycles. The van der Waals surface area contributed by atoms with Crippen LogP contribution in [0.25, 0.3) is 0 Å². The number of methoxy groups -OCH3 is 1. The Labute approximate surface area is 131 Å². The number of halogens is 2. The smallest absolute Gasteiger partial charge is 0.254 e. The molecule has 2 aromatic rings. The van der Waals surface area contributed by atoms with Gasteiger partial charge in [-0.05, 0) is 45.8 Å². The quantitative estimate of drug-likeness (QED) is 0.900. The number of amides is 1. The molecule has 0 fully saturated rings. The third-order valence-corrected chi connectivity index (χ3v) is 3.78. The van der Waals surface area contributed by atoms with Gasteiger partial charge in [-0.1, -0.05) is 29.8 Å². The molecule has 2 rings (SSSR count). The first-order valence-corrected chi connectivity index (χ1v) is 7.14. The Bertz CT molecular complexity index is 594. The fraction of sp³-hybridized carbons (Fsp3) is 0.133. The van der Waals surface area contributed by atoms with Gasteiger partial charge >= 0.3 is 0 Å². The number of carbonyl (C=O) groups excluding carboxylic acids is 1. The van der Waals surface area contributed by atoms with E-state index in [0.717, 1.165) is 11.3 Å². The van der Waals surface area contributed by atoms with Crippen LogP contribution in [0.4, 0.5) is 0 Å². The van der Waals surface area contributed by atoms with E-state index < -0.39 is 0 Å². The maximum absolute atomic E-state index is 12.1. The molecule has 0 atom stereocenters. The molecular weight excluding hydrogens is 342 g/mol. The van der Waals surface area contributed by atoms with E-state index in [1.807, 2.05) is 24.3 Å². The van der Waals surface area contributed by atoms with Gasteiger partial charge in [-0.15, -0.1) is 0 Å². The van der Waals surface area contributed by atoms with E-state index in [1.165, 1.54) is 0 Å². The predicted molar refractivity (Wildman–Crippen MR) is 83.3 cm³/mol. The third-order valence-electron chi connectivity index (χ3n) is 2.80. The summed E-state index contributed by atoms with van der Waals surface area (Å²) >= 11 is 9.37. The lowest BCUT2D eigenvalue weighted by Crippen LogP contribution is -2.23. The second-order valence-corrected chi connectivity index (χ2v) is 5.39. The molecule has 0 aromatic heterocycles. The Balaban J connectivity index is 2.05. The molecular formula is C15H13BrClNO2. The standard InChI is InChI=1S/C15H13BrClNO2/c1-20-11-7-5-10(6-8-11)9-18-15(19)14-12(16)3-2-4-13(14)17/h2-8H,9H2,1H3,(H,18,19). The van der Waals surface area contributed by atoms with Crippen molar-refractivity contribution in [2.24, 2.45) is 0 Å². The highest BCUT2D eigenvalue weighted by Crippen LogP contribution is 2.24. The van der Waals surface area contributed by atoms with Crippen LogP contribution in [0, 0.1) is 0 Å². The van der Waals surface area contributed by atoms with Gasteiger partial charge in [0.1, 0.15) is 5.75 Å². The summed E-state index contributed by atoms with van der Waals surface area (Å²) in [5.41, 5.74) is 1.44. The summed E-state index contributed by atoms with van der Waals surface area (Å²) in [7, 11) is 1.62. The average molecular weight is 355 g/mol. The fourth-order valence-electron chi connectivity index (χ4n) is 1.73. The SMILES string of the molecule is COc1ccc(CNC(=O)c2c(Cl)cccc2Br)cc1. The van der Waals surface area contributed by atoms with E-state index >= 15 is 0 Å². The zero-order valence-electron chi connectivity index (χ0n) is 10.8. The lowest BCUT2D eigenvalue weighted by atomic mass is 10.2. The van der Waals surface area contributed by atoms with Gasteiger partial charge in [-0.25, -0.2) is 0 Å². The first kappa shape index (κ1) is 14.9. The summed E-state index contributed by atoms with van der Waals surface area (Å²) in [6.07, 6.45) is 0. The van der Waals surface area contributed by atoms with E-state index in [4.69, 9.17) is 16.3 Å². The molecule has 5 heteroatoms. The molecule has 0 bridgehead atoms. The zero-order chi connectivity index (χ0) is 14.5. The molecule has 2 aromatic carbocycles. The highest BCUT2D eigenvalue weighted by atomic mass is 79.9. The first-order chi connectivity index (χ1) is 9.61. The van der Waals surface area contributed by atoms with Crippen LogP contribution in [0.1, 0.15) is 15.9 Å². The van der Waals surface area contributed by atoms with E-state index in [0.29, 0.717) is 21.6 Å². The molecule has 0 aliphatic carbocycles. The summed E-state index contributed by atoms with van der Waals surface area (Å²) in [4.78, 5) is 12.1. The normalized spacial score (nSPS) is 10.2. The molecule has 0 heterocycles. The molecule has 0 saturated carbocycles. The highest BCUT2D eigenvalue weighted by molar-refractivity contribution is 9.10. The summed E-state index contributed by atoms with van der Waals surface area (Å²) in [5.74, 6) is 0.576. The largest absolute Gasteiger partial charge is 0.497 e. The molecule has 0 unspecified atom stereocenters.